The molecule has 0 saturated carbocycles. The Morgan fingerprint density at radius 3 is 2.39 bits per heavy atom. The van der Waals surface area contributed by atoms with E-state index in [9.17, 15) is 23.1 Å². The van der Waals surface area contributed by atoms with Gasteiger partial charge in [-0.25, -0.2) is 13.2 Å². The summed E-state index contributed by atoms with van der Waals surface area (Å²) >= 11 is 0. The van der Waals surface area contributed by atoms with E-state index in [1.165, 1.54) is 6.92 Å². The molecular weight excluding hydrogens is 260 g/mol. The van der Waals surface area contributed by atoms with E-state index < -0.39 is 33.0 Å². The van der Waals surface area contributed by atoms with E-state index in [2.05, 4.69) is 4.98 Å². The van der Waals surface area contributed by atoms with Crippen LogP contribution in [0.5, 0.6) is 5.88 Å². The first-order valence-electron chi connectivity index (χ1n) is 5.41. The Bertz CT molecular complexity index is 656. The van der Waals surface area contributed by atoms with Crippen LogP contribution in [-0.2, 0) is 16.3 Å². The second-order valence-corrected chi connectivity index (χ2v) is 6.41. The summed E-state index contributed by atoms with van der Waals surface area (Å²) in [4.78, 5) is 25.1. The molecule has 0 radical (unpaired) electrons. The van der Waals surface area contributed by atoms with Crippen LogP contribution in [0.3, 0.4) is 0 Å². The Morgan fingerprint density at radius 1 is 1.39 bits per heavy atom. The minimum atomic E-state index is -3.30. The van der Waals surface area contributed by atoms with Gasteiger partial charge in [0, 0.05) is 6.26 Å². The Labute approximate surface area is 104 Å². The first kappa shape index (κ1) is 14.5. The Balaban J connectivity index is 3.42. The smallest absolute Gasteiger partial charge is 0.331 e. The highest BCUT2D eigenvalue weighted by Crippen LogP contribution is 2.17. The predicted octanol–water partition coefficient (Wildman–Crippen LogP) is -0.590. The third-order valence-electron chi connectivity index (χ3n) is 2.55. The molecule has 0 spiro atoms. The molecule has 2 N–H and O–H groups in total. The average molecular weight is 276 g/mol. The normalized spacial score (nSPS) is 13.5. The van der Waals surface area contributed by atoms with Gasteiger partial charge >= 0.3 is 5.69 Å². The molecule has 0 fully saturated rings. The molecule has 18 heavy (non-hydrogen) atoms. The quantitative estimate of drug-likeness (QED) is 0.764. The van der Waals surface area contributed by atoms with Crippen LogP contribution in [0.2, 0.25) is 0 Å². The molecule has 1 unspecified atom stereocenters. The second-order valence-electron chi connectivity index (χ2n) is 4.23. The summed E-state index contributed by atoms with van der Waals surface area (Å²) in [6.45, 7) is 3.14. The summed E-state index contributed by atoms with van der Waals surface area (Å²) in [5, 5.41) is 9.87. The number of rotatable bonds is 4. The highest BCUT2D eigenvalue weighted by molar-refractivity contribution is 7.90. The van der Waals surface area contributed by atoms with Crippen LogP contribution < -0.4 is 11.2 Å². The maximum absolute atomic E-state index is 11.6. The van der Waals surface area contributed by atoms with Crippen LogP contribution in [0, 0.1) is 0 Å². The maximum Gasteiger partial charge on any atom is 0.331 e. The van der Waals surface area contributed by atoms with Crippen LogP contribution >= 0.6 is 0 Å². The van der Waals surface area contributed by atoms with E-state index >= 15 is 0 Å². The molecule has 1 heterocycles. The van der Waals surface area contributed by atoms with E-state index in [1.54, 1.807) is 6.92 Å². The summed E-state index contributed by atoms with van der Waals surface area (Å²) in [6, 6.07) is -0.755. The first-order chi connectivity index (χ1) is 8.17. The van der Waals surface area contributed by atoms with Gasteiger partial charge in [0.25, 0.3) is 5.56 Å². The molecule has 0 aromatic carbocycles. The molecular formula is C10H16N2O5S. The van der Waals surface area contributed by atoms with Gasteiger partial charge in [-0.2, -0.15) is 0 Å². The van der Waals surface area contributed by atoms with Gasteiger partial charge in [-0.15, -0.1) is 0 Å². The number of aromatic hydroxyl groups is 1. The van der Waals surface area contributed by atoms with Crippen LogP contribution in [-0.4, -0.2) is 35.1 Å². The van der Waals surface area contributed by atoms with Crippen LogP contribution in [0.25, 0.3) is 0 Å². The van der Waals surface area contributed by atoms with Crippen molar-refractivity contribution in [1.82, 2.24) is 9.55 Å². The van der Waals surface area contributed by atoms with Gasteiger partial charge in [0.05, 0.1) is 17.4 Å². The lowest BCUT2D eigenvalue weighted by atomic mass is 10.2. The molecule has 1 aromatic rings. The standard InChI is InChI=1S/C10H16N2O5S/c1-4-7-8(13)11-10(15)12(9(7)14)6(2)5-18(3,16)17/h6,14H,4-5H2,1-3H3,(H,11,13,15). The van der Waals surface area contributed by atoms with E-state index in [-0.39, 0.29) is 17.7 Å². The summed E-state index contributed by atoms with van der Waals surface area (Å²) in [7, 11) is -3.30. The Hall–Kier alpha value is -1.57. The minimum Gasteiger partial charge on any atom is -0.494 e. The zero-order valence-electron chi connectivity index (χ0n) is 10.4. The number of hydrogen-bond donors (Lipinski definition) is 2. The van der Waals surface area contributed by atoms with Crippen molar-refractivity contribution in [2.75, 3.05) is 12.0 Å². The molecule has 1 rings (SSSR count). The van der Waals surface area contributed by atoms with Gasteiger partial charge in [0.15, 0.2) is 0 Å². The van der Waals surface area contributed by atoms with Crippen LogP contribution in [0.4, 0.5) is 0 Å². The highest BCUT2D eigenvalue weighted by atomic mass is 32.2. The molecule has 7 nitrogen and oxygen atoms in total. The zero-order chi connectivity index (χ0) is 14.1. The van der Waals surface area contributed by atoms with Crippen LogP contribution in [0.15, 0.2) is 9.59 Å². The van der Waals surface area contributed by atoms with Crippen molar-refractivity contribution < 1.29 is 13.5 Å². The Morgan fingerprint density at radius 2 is 1.94 bits per heavy atom. The Kier molecular flexibility index (Phi) is 4.00. The van der Waals surface area contributed by atoms with Crippen molar-refractivity contribution in [1.29, 1.82) is 0 Å². The van der Waals surface area contributed by atoms with E-state index in [1.807, 2.05) is 0 Å². The van der Waals surface area contributed by atoms with Crippen molar-refractivity contribution in [3.05, 3.63) is 26.4 Å². The van der Waals surface area contributed by atoms with Crippen molar-refractivity contribution in [3.63, 3.8) is 0 Å². The van der Waals surface area contributed by atoms with Crippen molar-refractivity contribution in [2.45, 2.75) is 26.3 Å². The summed E-state index contributed by atoms with van der Waals surface area (Å²) in [5.41, 5.74) is -1.40. The molecule has 0 bridgehead atoms. The number of sulfone groups is 1. The third-order valence-corrected chi connectivity index (χ3v) is 3.64. The van der Waals surface area contributed by atoms with Crippen LogP contribution in [0.1, 0.15) is 25.5 Å². The van der Waals surface area contributed by atoms with E-state index in [4.69, 9.17) is 0 Å². The highest BCUT2D eigenvalue weighted by Gasteiger charge is 2.20. The molecule has 1 atom stereocenters. The lowest BCUT2D eigenvalue weighted by Gasteiger charge is -2.16. The summed E-state index contributed by atoms with van der Waals surface area (Å²) in [6.07, 6.45) is 1.28. The zero-order valence-corrected chi connectivity index (χ0v) is 11.2. The van der Waals surface area contributed by atoms with Gasteiger partial charge < -0.3 is 5.11 Å². The molecule has 0 amide bonds. The molecule has 1 aromatic heterocycles. The van der Waals surface area contributed by atoms with Gasteiger partial charge in [0.2, 0.25) is 5.88 Å². The number of hydrogen-bond acceptors (Lipinski definition) is 5. The number of nitrogens with zero attached hydrogens (tertiary/aromatic N) is 1. The van der Waals surface area contributed by atoms with Gasteiger partial charge in [-0.1, -0.05) is 6.92 Å². The maximum atomic E-state index is 11.6. The largest absolute Gasteiger partial charge is 0.494 e. The molecule has 0 aliphatic rings. The number of nitrogens with one attached hydrogen (secondary N) is 1. The molecule has 0 saturated heterocycles. The van der Waals surface area contributed by atoms with Crippen molar-refractivity contribution >= 4 is 9.84 Å². The molecule has 0 aliphatic heterocycles. The number of aromatic amines is 1. The van der Waals surface area contributed by atoms with E-state index in [0.717, 1.165) is 10.8 Å². The summed E-state index contributed by atoms with van der Waals surface area (Å²) < 4.78 is 23.3. The fourth-order valence-corrected chi connectivity index (χ4v) is 2.84. The lowest BCUT2D eigenvalue weighted by Crippen LogP contribution is -2.35. The van der Waals surface area contributed by atoms with Crippen molar-refractivity contribution in [3.8, 4) is 5.88 Å². The van der Waals surface area contributed by atoms with E-state index in [0.29, 0.717) is 0 Å². The van der Waals surface area contributed by atoms with Gasteiger partial charge in [0.1, 0.15) is 9.84 Å². The minimum absolute atomic E-state index is 0.0648. The monoisotopic (exact) mass is 276 g/mol. The van der Waals surface area contributed by atoms with Gasteiger partial charge in [-0.05, 0) is 13.3 Å². The molecule has 0 aliphatic carbocycles. The lowest BCUT2D eigenvalue weighted by molar-refractivity contribution is 0.375. The first-order valence-corrected chi connectivity index (χ1v) is 7.47. The third kappa shape index (κ3) is 3.00. The number of H-pyrrole nitrogens is 1. The van der Waals surface area contributed by atoms with Crippen molar-refractivity contribution in [2.24, 2.45) is 0 Å². The SMILES string of the molecule is CCc1c(O)n(C(C)CS(C)(=O)=O)c(=O)[nH]c1=O. The average Bonchev–Trinajstić information content (AvgIpc) is 2.13. The predicted molar refractivity (Wildman–Crippen MR) is 66.8 cm³/mol. The fourth-order valence-electron chi connectivity index (χ4n) is 1.82. The van der Waals surface area contributed by atoms with Gasteiger partial charge in [-0.3, -0.25) is 14.3 Å². The fraction of sp³-hybridized carbons (Fsp3) is 0.600. The molecule has 8 heteroatoms. The summed E-state index contributed by atoms with van der Waals surface area (Å²) in [5.74, 6) is -0.766. The second kappa shape index (κ2) is 4.97. The number of aromatic nitrogens is 2. The topological polar surface area (TPSA) is 109 Å². The molecule has 102 valence electrons.